The molecule has 0 amide bonds. The Morgan fingerprint density at radius 3 is 2.11 bits per heavy atom. The van der Waals surface area contributed by atoms with E-state index in [-0.39, 0.29) is 6.54 Å². The maximum Gasteiger partial charge on any atom is 0.557 e. The number of halogens is 3. The van der Waals surface area contributed by atoms with Crippen molar-refractivity contribution in [3.8, 4) is 0 Å². The van der Waals surface area contributed by atoms with E-state index in [1.807, 2.05) is 0 Å². The summed E-state index contributed by atoms with van der Waals surface area (Å²) in [5.41, 5.74) is 4.85. The lowest BCUT2D eigenvalue weighted by Gasteiger charge is -2.06. The van der Waals surface area contributed by atoms with Crippen LogP contribution in [0, 0.1) is 0 Å². The molecule has 0 fully saturated rings. The van der Waals surface area contributed by atoms with E-state index >= 15 is 0 Å². The van der Waals surface area contributed by atoms with Gasteiger partial charge in [0.15, 0.2) is 0 Å². The minimum Gasteiger partial charge on any atom is -0.480 e. The van der Waals surface area contributed by atoms with Gasteiger partial charge in [0.25, 0.3) is 0 Å². The van der Waals surface area contributed by atoms with Crippen molar-refractivity contribution in [3.05, 3.63) is 0 Å². The molecule has 0 aliphatic rings. The molecule has 0 radical (unpaired) electrons. The van der Waals surface area contributed by atoms with E-state index in [0.717, 1.165) is 0 Å². The molecule has 0 aliphatic carbocycles. The van der Waals surface area contributed by atoms with Crippen LogP contribution in [0.1, 0.15) is 0 Å². The summed E-state index contributed by atoms with van der Waals surface area (Å²) in [6.45, 7) is -0.263. The molecule has 7 heteroatoms. The van der Waals surface area contributed by atoms with Crippen molar-refractivity contribution >= 4 is 45.5 Å². The van der Waals surface area contributed by atoms with Gasteiger partial charge < -0.3 is 10.2 Å². The molecule has 0 rings (SSSR count). The molecule has 0 aromatic heterocycles. The number of hydrogen-bond acceptors (Lipinski definition) is 3. The van der Waals surface area contributed by atoms with Gasteiger partial charge >= 0.3 is 12.2 Å². The fourth-order valence-electron chi connectivity index (χ4n) is 0.171. The molecular weight excluding hydrogens is 204 g/mol. The summed E-state index contributed by atoms with van der Waals surface area (Å²) >= 11 is 15.5. The van der Waals surface area contributed by atoms with Gasteiger partial charge in [-0.15, -0.1) is 0 Å². The molecule has 9 heavy (non-hydrogen) atoms. The summed E-state index contributed by atoms with van der Waals surface area (Å²) in [5.74, 6) is -0.693. The fraction of sp³-hybridized carbons (Fsp3) is 0.500. The second-order valence-corrected chi connectivity index (χ2v) is 8.75. The van der Waals surface area contributed by atoms with E-state index in [1.54, 1.807) is 0 Å². The Balaban J connectivity index is 3.60. The topological polar surface area (TPSA) is 52.3 Å². The summed E-state index contributed by atoms with van der Waals surface area (Å²) in [5, 5.41) is 0. The van der Waals surface area contributed by atoms with Crippen LogP contribution in [0.15, 0.2) is 0 Å². The van der Waals surface area contributed by atoms with Crippen molar-refractivity contribution in [2.24, 2.45) is 5.73 Å². The summed E-state index contributed by atoms with van der Waals surface area (Å²) in [6.07, 6.45) is -3.25. The number of rotatable bonds is 2. The Morgan fingerprint density at radius 1 is 1.56 bits per heavy atom. The zero-order chi connectivity index (χ0) is 7.49. The Bertz CT molecular complexity index is 113. The van der Waals surface area contributed by atoms with E-state index in [2.05, 4.69) is 4.43 Å². The average Bonchev–Trinajstić information content (AvgIpc) is 1.62. The van der Waals surface area contributed by atoms with Crippen LogP contribution in [-0.4, -0.2) is 18.8 Å². The molecule has 0 unspecified atom stereocenters. The van der Waals surface area contributed by atoms with Gasteiger partial charge in [-0.2, -0.15) is 0 Å². The highest BCUT2D eigenvalue weighted by molar-refractivity contribution is 7.62. The average molecular weight is 209 g/mol. The minimum absolute atomic E-state index is 0.263. The lowest BCUT2D eigenvalue weighted by atomic mass is 10.7. The van der Waals surface area contributed by atoms with Crippen molar-refractivity contribution in [1.29, 1.82) is 0 Å². The zero-order valence-electron chi connectivity index (χ0n) is 4.23. The first kappa shape index (κ1) is 9.52. The van der Waals surface area contributed by atoms with Gasteiger partial charge in [0.2, 0.25) is 0 Å². The molecule has 0 heterocycles. The Morgan fingerprint density at radius 2 is 2.00 bits per heavy atom. The standard InChI is InChI=1S/C2H4Cl3NO2Si/c3-9(4,5)8-2(7)1-6/h1,6H2. The van der Waals surface area contributed by atoms with Crippen molar-refractivity contribution < 1.29 is 9.22 Å². The van der Waals surface area contributed by atoms with Gasteiger partial charge in [-0.05, 0) is 0 Å². The highest BCUT2D eigenvalue weighted by atomic mass is 35.8. The van der Waals surface area contributed by atoms with Gasteiger partial charge in [0.1, 0.15) is 0 Å². The van der Waals surface area contributed by atoms with Crippen LogP contribution in [-0.2, 0) is 9.22 Å². The molecule has 0 spiro atoms. The van der Waals surface area contributed by atoms with E-state index in [0.29, 0.717) is 0 Å². The molecule has 0 aromatic carbocycles. The summed E-state index contributed by atoms with van der Waals surface area (Å²) < 4.78 is 4.26. The van der Waals surface area contributed by atoms with Gasteiger partial charge in [0.05, 0.1) is 6.54 Å². The first-order valence-electron chi connectivity index (χ1n) is 1.94. The highest BCUT2D eigenvalue weighted by Gasteiger charge is 2.31. The number of carbonyl (C=O) groups is 1. The Hall–Kier alpha value is 0.517. The molecule has 3 nitrogen and oxygen atoms in total. The molecule has 54 valence electrons. The molecule has 0 bridgehead atoms. The molecule has 0 aromatic rings. The van der Waals surface area contributed by atoms with Crippen LogP contribution in [0.25, 0.3) is 0 Å². The Labute approximate surface area is 67.2 Å². The number of nitrogens with two attached hydrogens (primary N) is 1. The van der Waals surface area contributed by atoms with E-state index in [4.69, 9.17) is 39.0 Å². The minimum atomic E-state index is -3.25. The van der Waals surface area contributed by atoms with E-state index in [1.165, 1.54) is 0 Å². The third-order valence-electron chi connectivity index (χ3n) is 0.396. The Kier molecular flexibility index (Phi) is 3.84. The maximum absolute atomic E-state index is 10.3. The van der Waals surface area contributed by atoms with Crippen LogP contribution in [0.2, 0.25) is 0 Å². The van der Waals surface area contributed by atoms with Gasteiger partial charge in [-0.25, -0.2) is 0 Å². The molecule has 0 atom stereocenters. The monoisotopic (exact) mass is 207 g/mol. The first-order chi connectivity index (χ1) is 3.95. The quantitative estimate of drug-likeness (QED) is 0.535. The van der Waals surface area contributed by atoms with Crippen molar-refractivity contribution in [2.75, 3.05) is 6.54 Å². The van der Waals surface area contributed by atoms with Crippen molar-refractivity contribution in [2.45, 2.75) is 0 Å². The summed E-state index contributed by atoms with van der Waals surface area (Å²) in [4.78, 5) is 10.3. The lowest BCUT2D eigenvalue weighted by molar-refractivity contribution is -0.132. The van der Waals surface area contributed by atoms with Crippen LogP contribution in [0.3, 0.4) is 0 Å². The van der Waals surface area contributed by atoms with Gasteiger partial charge in [0, 0.05) is 0 Å². The normalized spacial score (nSPS) is 11.1. The summed E-state index contributed by atoms with van der Waals surface area (Å²) in [6, 6.07) is 0. The molecule has 0 saturated heterocycles. The third-order valence-corrected chi connectivity index (χ3v) is 1.55. The predicted octanol–water partition coefficient (Wildman–Crippen LogP) is 0.640. The van der Waals surface area contributed by atoms with Crippen LogP contribution < -0.4 is 5.73 Å². The van der Waals surface area contributed by atoms with Crippen molar-refractivity contribution in [3.63, 3.8) is 0 Å². The fourth-order valence-corrected chi connectivity index (χ4v) is 1.29. The van der Waals surface area contributed by atoms with Gasteiger partial charge in [-0.1, -0.05) is 33.2 Å². The lowest BCUT2D eigenvalue weighted by Crippen LogP contribution is -2.26. The van der Waals surface area contributed by atoms with Crippen LogP contribution in [0.5, 0.6) is 0 Å². The maximum atomic E-state index is 10.3. The third kappa shape index (κ3) is 6.40. The van der Waals surface area contributed by atoms with E-state index < -0.39 is 12.2 Å². The molecule has 0 saturated carbocycles. The second-order valence-electron chi connectivity index (χ2n) is 1.12. The number of carbonyl (C=O) groups excluding carboxylic acids is 1. The van der Waals surface area contributed by atoms with Gasteiger partial charge in [-0.3, -0.25) is 4.79 Å². The smallest absolute Gasteiger partial charge is 0.480 e. The molecular formula is C2H4Cl3NO2Si. The SMILES string of the molecule is NCC(=O)O[Si](Cl)(Cl)Cl. The first-order valence-corrected chi connectivity index (χ1v) is 6.88. The van der Waals surface area contributed by atoms with Crippen molar-refractivity contribution in [1.82, 2.24) is 0 Å². The highest BCUT2D eigenvalue weighted by Crippen LogP contribution is 2.20. The summed E-state index contributed by atoms with van der Waals surface area (Å²) in [7, 11) is 0. The predicted molar refractivity (Wildman–Crippen MR) is 38.5 cm³/mol. The van der Waals surface area contributed by atoms with Crippen LogP contribution >= 0.6 is 33.2 Å². The van der Waals surface area contributed by atoms with E-state index in [9.17, 15) is 4.79 Å². The van der Waals surface area contributed by atoms with Crippen LogP contribution in [0.4, 0.5) is 0 Å². The largest absolute Gasteiger partial charge is 0.557 e. The molecule has 2 N–H and O–H groups in total. The second kappa shape index (κ2) is 3.63. The number of hydrogen-bond donors (Lipinski definition) is 1. The zero-order valence-corrected chi connectivity index (χ0v) is 7.50. The molecule has 0 aliphatic heterocycles.